The normalized spacial score (nSPS) is 36.7. The van der Waals surface area contributed by atoms with E-state index in [1.807, 2.05) is 0 Å². The summed E-state index contributed by atoms with van der Waals surface area (Å²) in [6.07, 6.45) is 6.20. The first kappa shape index (κ1) is 10.7. The first-order valence-electron chi connectivity index (χ1n) is 5.41. The van der Waals surface area contributed by atoms with E-state index in [0.717, 1.165) is 19.3 Å². The molecule has 4 heteroatoms. The third kappa shape index (κ3) is 1.58. The number of hydrogen-bond acceptors (Lipinski definition) is 2. The van der Waals surface area contributed by atoms with Crippen LogP contribution in [0.2, 0.25) is 0 Å². The van der Waals surface area contributed by atoms with Crippen LogP contribution in [-0.2, 0) is 9.05 Å². The van der Waals surface area contributed by atoms with Crippen molar-refractivity contribution >= 4 is 19.7 Å². The zero-order chi connectivity index (χ0) is 10.4. The van der Waals surface area contributed by atoms with Crippen molar-refractivity contribution in [2.75, 3.05) is 0 Å². The van der Waals surface area contributed by atoms with Crippen molar-refractivity contribution in [3.63, 3.8) is 0 Å². The summed E-state index contributed by atoms with van der Waals surface area (Å²) in [4.78, 5) is 0. The van der Waals surface area contributed by atoms with Crippen LogP contribution in [0.4, 0.5) is 0 Å². The fourth-order valence-corrected chi connectivity index (χ4v) is 5.12. The van der Waals surface area contributed by atoms with Gasteiger partial charge >= 0.3 is 0 Å². The van der Waals surface area contributed by atoms with Crippen LogP contribution in [0, 0.1) is 11.8 Å². The standard InChI is InChI=1S/C10H17ClO2S/c1-8-4-2-3-5-9(8)10(6-7-10)14(11,12)13/h8-9H,2-7H2,1H3. The van der Waals surface area contributed by atoms with Crippen LogP contribution < -0.4 is 0 Å². The Bertz CT molecular complexity index is 319. The van der Waals surface area contributed by atoms with Crippen molar-refractivity contribution in [3.05, 3.63) is 0 Å². The monoisotopic (exact) mass is 236 g/mol. The lowest BCUT2D eigenvalue weighted by molar-refractivity contribution is 0.238. The molecule has 82 valence electrons. The minimum absolute atomic E-state index is 0.318. The molecule has 0 aliphatic heterocycles. The van der Waals surface area contributed by atoms with Gasteiger partial charge in [-0.15, -0.1) is 0 Å². The maximum absolute atomic E-state index is 11.5. The highest BCUT2D eigenvalue weighted by Crippen LogP contribution is 2.56. The van der Waals surface area contributed by atoms with Gasteiger partial charge in [0.1, 0.15) is 0 Å². The van der Waals surface area contributed by atoms with E-state index >= 15 is 0 Å². The minimum Gasteiger partial charge on any atom is -0.212 e. The van der Waals surface area contributed by atoms with Gasteiger partial charge in [-0.2, -0.15) is 0 Å². The molecule has 2 atom stereocenters. The van der Waals surface area contributed by atoms with Crippen molar-refractivity contribution in [1.82, 2.24) is 0 Å². The summed E-state index contributed by atoms with van der Waals surface area (Å²) in [5, 5.41) is 0. The van der Waals surface area contributed by atoms with Crippen molar-refractivity contribution in [1.29, 1.82) is 0 Å². The molecule has 2 aliphatic carbocycles. The van der Waals surface area contributed by atoms with Gasteiger partial charge in [0.25, 0.3) is 0 Å². The molecule has 0 amide bonds. The van der Waals surface area contributed by atoms with Gasteiger partial charge in [-0.05, 0) is 31.1 Å². The fourth-order valence-electron chi connectivity index (χ4n) is 3.02. The topological polar surface area (TPSA) is 34.1 Å². The summed E-state index contributed by atoms with van der Waals surface area (Å²) in [6, 6.07) is 0. The second-order valence-electron chi connectivity index (χ2n) is 4.87. The van der Waals surface area contributed by atoms with Gasteiger partial charge in [-0.25, -0.2) is 8.42 Å². The number of halogens is 1. The van der Waals surface area contributed by atoms with E-state index < -0.39 is 13.8 Å². The summed E-state index contributed by atoms with van der Waals surface area (Å²) >= 11 is 0. The average Bonchev–Trinajstić information content (AvgIpc) is 2.84. The highest BCUT2D eigenvalue weighted by atomic mass is 35.7. The van der Waals surface area contributed by atoms with E-state index in [9.17, 15) is 8.42 Å². The SMILES string of the molecule is CC1CCCCC1C1(S(=O)(=O)Cl)CC1. The van der Waals surface area contributed by atoms with E-state index in [-0.39, 0.29) is 0 Å². The lowest BCUT2D eigenvalue weighted by atomic mass is 9.77. The fraction of sp³-hybridized carbons (Fsp3) is 1.00. The summed E-state index contributed by atoms with van der Waals surface area (Å²) in [5.41, 5.74) is 0. The predicted molar refractivity (Wildman–Crippen MR) is 57.9 cm³/mol. The van der Waals surface area contributed by atoms with Gasteiger partial charge in [-0.3, -0.25) is 0 Å². The summed E-state index contributed by atoms with van der Waals surface area (Å²) < 4.78 is 22.5. The van der Waals surface area contributed by atoms with Crippen LogP contribution in [-0.4, -0.2) is 13.2 Å². The Balaban J connectivity index is 2.22. The van der Waals surface area contributed by atoms with Gasteiger partial charge in [0, 0.05) is 10.7 Å². The first-order valence-corrected chi connectivity index (χ1v) is 7.72. The maximum atomic E-state index is 11.5. The van der Waals surface area contributed by atoms with Gasteiger partial charge in [0.05, 0.1) is 4.75 Å². The molecule has 2 saturated carbocycles. The molecule has 2 rings (SSSR count). The van der Waals surface area contributed by atoms with Crippen LogP contribution in [0.5, 0.6) is 0 Å². The van der Waals surface area contributed by atoms with E-state index in [4.69, 9.17) is 10.7 Å². The van der Waals surface area contributed by atoms with E-state index in [1.54, 1.807) is 0 Å². The summed E-state index contributed by atoms with van der Waals surface area (Å²) in [6.45, 7) is 2.17. The van der Waals surface area contributed by atoms with Gasteiger partial charge in [0.2, 0.25) is 9.05 Å². The van der Waals surface area contributed by atoms with Crippen molar-refractivity contribution in [2.24, 2.45) is 11.8 Å². The molecule has 2 unspecified atom stereocenters. The lowest BCUT2D eigenvalue weighted by Crippen LogP contribution is -2.35. The van der Waals surface area contributed by atoms with Crippen LogP contribution >= 0.6 is 10.7 Å². The Morgan fingerprint density at radius 1 is 1.21 bits per heavy atom. The van der Waals surface area contributed by atoms with E-state index in [1.165, 1.54) is 19.3 Å². The van der Waals surface area contributed by atoms with Gasteiger partial charge in [0.15, 0.2) is 0 Å². The molecule has 0 aromatic carbocycles. The molecule has 0 heterocycles. The molecule has 14 heavy (non-hydrogen) atoms. The Morgan fingerprint density at radius 3 is 2.21 bits per heavy atom. The molecule has 0 N–H and O–H groups in total. The molecule has 0 saturated heterocycles. The second kappa shape index (κ2) is 3.38. The summed E-state index contributed by atoms with van der Waals surface area (Å²) in [5.74, 6) is 0.846. The zero-order valence-electron chi connectivity index (χ0n) is 8.50. The zero-order valence-corrected chi connectivity index (χ0v) is 10.1. The molecular formula is C10H17ClO2S. The first-order chi connectivity index (χ1) is 6.47. The Labute approximate surface area is 90.4 Å². The highest BCUT2D eigenvalue weighted by molar-refractivity contribution is 8.15. The van der Waals surface area contributed by atoms with Crippen molar-refractivity contribution < 1.29 is 8.42 Å². The molecule has 2 aliphatic rings. The van der Waals surface area contributed by atoms with E-state index in [0.29, 0.717) is 11.8 Å². The minimum atomic E-state index is -3.35. The van der Waals surface area contributed by atoms with Gasteiger partial charge in [-0.1, -0.05) is 26.2 Å². The summed E-state index contributed by atoms with van der Waals surface area (Å²) in [7, 11) is 2.21. The predicted octanol–water partition coefficient (Wildman–Crippen LogP) is 2.91. The van der Waals surface area contributed by atoms with Gasteiger partial charge < -0.3 is 0 Å². The second-order valence-corrected chi connectivity index (χ2v) is 7.78. The average molecular weight is 237 g/mol. The van der Waals surface area contributed by atoms with E-state index in [2.05, 4.69) is 6.92 Å². The molecular weight excluding hydrogens is 220 g/mol. The van der Waals surface area contributed by atoms with Crippen molar-refractivity contribution in [3.8, 4) is 0 Å². The van der Waals surface area contributed by atoms with Crippen LogP contribution in [0.15, 0.2) is 0 Å². The maximum Gasteiger partial charge on any atom is 0.238 e. The Morgan fingerprint density at radius 2 is 1.79 bits per heavy atom. The molecule has 0 spiro atoms. The number of hydrogen-bond donors (Lipinski definition) is 0. The lowest BCUT2D eigenvalue weighted by Gasteiger charge is -2.33. The molecule has 2 fully saturated rings. The third-order valence-corrected chi connectivity index (χ3v) is 6.62. The Hall–Kier alpha value is 0.240. The van der Waals surface area contributed by atoms with Crippen LogP contribution in [0.1, 0.15) is 45.4 Å². The molecule has 0 aromatic heterocycles. The Kier molecular flexibility index (Phi) is 2.59. The molecule has 0 bridgehead atoms. The molecule has 0 aromatic rings. The quantitative estimate of drug-likeness (QED) is 0.691. The molecule has 0 radical (unpaired) electrons. The number of rotatable bonds is 2. The van der Waals surface area contributed by atoms with Crippen LogP contribution in [0.3, 0.4) is 0 Å². The third-order valence-electron chi connectivity index (χ3n) is 4.02. The highest BCUT2D eigenvalue weighted by Gasteiger charge is 2.60. The van der Waals surface area contributed by atoms with Crippen LogP contribution in [0.25, 0.3) is 0 Å². The largest absolute Gasteiger partial charge is 0.238 e. The molecule has 2 nitrogen and oxygen atoms in total. The smallest absolute Gasteiger partial charge is 0.212 e. The van der Waals surface area contributed by atoms with Crippen molar-refractivity contribution in [2.45, 2.75) is 50.2 Å².